The molecule has 0 bridgehead atoms. The lowest BCUT2D eigenvalue weighted by Gasteiger charge is -2.20. The van der Waals surface area contributed by atoms with E-state index in [2.05, 4.69) is 6.07 Å². The van der Waals surface area contributed by atoms with Crippen LogP contribution < -0.4 is 0 Å². The third kappa shape index (κ3) is 12.2. The van der Waals surface area contributed by atoms with Crippen LogP contribution in [0.2, 0.25) is 0 Å². The predicted octanol–water partition coefficient (Wildman–Crippen LogP) is 31.6. The summed E-state index contributed by atoms with van der Waals surface area (Å²) < 4.78 is 257. The molecule has 0 aliphatic carbocycles. The van der Waals surface area contributed by atoms with Crippen molar-refractivity contribution in [1.82, 2.24) is 0 Å². The van der Waals surface area contributed by atoms with E-state index in [-0.39, 0.29) is 141 Å². The average Bonchev–Trinajstić information content (AvgIpc) is 0.703. The summed E-state index contributed by atoms with van der Waals surface area (Å²) in [5.41, 5.74) is 8.81. The van der Waals surface area contributed by atoms with Crippen molar-refractivity contribution in [3.05, 3.63) is 448 Å². The van der Waals surface area contributed by atoms with E-state index in [1.54, 1.807) is 66.7 Å². The smallest absolute Gasteiger partial charge is 0.0622 e. The first-order valence-corrected chi connectivity index (χ1v) is 36.4. The quantitative estimate of drug-likeness (QED) is 0.126. The summed E-state index contributed by atoms with van der Waals surface area (Å²) in [6.07, 6.45) is 0. The summed E-state index contributed by atoms with van der Waals surface area (Å²) >= 11 is 0. The third-order valence-corrected chi connectivity index (χ3v) is 20.7. The standard InChI is InChI=1S/C40H26.2C36H24/c1-2-11-27(12-3-1)29-21-22-31-26-32(24-23-30(31)25-29)39-35-16-6-8-18-37(35)40(38-19-9-7-17-36(38)39)34-20-10-14-28-13-4-5-15-33(28)34;1-3-13-25(14-4-1)34-24-28(23-27-17-7-8-18-29(27)34)36-32-21-11-9-19-30(32)35(26-15-5-2-6-16-26)31-20-10-12-22-33(31)36;1-2-13-26(14-3-1)29-16-6-7-17-30(29)36-33-20-10-8-18-31(33)35(32-19-9-11-21-34(32)36)28-23-22-25-12-4-5-15-27(25)24-28/h1-26H;2*1-24H/i6D,7D,8D,9D,16D,17D,18D,19D;1D,3D,4D,9D,10D,11D,12D,13D,14D,19D,20D,21D,22D;8D,9D,10D,11D,18D,19D,20D,21D. The van der Waals surface area contributed by atoms with Crippen molar-refractivity contribution in [3.8, 4) is 100 Å². The summed E-state index contributed by atoms with van der Waals surface area (Å²) in [7, 11) is 0. The van der Waals surface area contributed by atoms with Gasteiger partial charge in [-0.1, -0.05) is 418 Å². The molecule has 0 unspecified atom stereocenters. The maximum absolute atomic E-state index is 9.24. The fraction of sp³-hybridized carbons (Fsp3) is 0. The average molecular weight is 1450 g/mol. The molecule has 0 saturated heterocycles. The van der Waals surface area contributed by atoms with E-state index in [4.69, 9.17) is 28.8 Å². The van der Waals surface area contributed by atoms with E-state index >= 15 is 0 Å². The van der Waals surface area contributed by atoms with Gasteiger partial charge in [0.05, 0.1) is 39.8 Å². The van der Waals surface area contributed by atoms with Crippen LogP contribution in [0, 0.1) is 0 Å². The Kier molecular flexibility index (Phi) is 11.2. The number of benzene rings is 22. The molecule has 0 N–H and O–H groups in total. The van der Waals surface area contributed by atoms with Crippen molar-refractivity contribution in [2.24, 2.45) is 0 Å². The van der Waals surface area contributed by atoms with Crippen LogP contribution in [0.4, 0.5) is 0 Å². The normalized spacial score (nSPS) is 15.0. The highest BCUT2D eigenvalue weighted by atomic mass is 14.3. The van der Waals surface area contributed by atoms with Crippen LogP contribution in [0.25, 0.3) is 208 Å². The first-order chi connectivity index (χ1) is 67.6. The third-order valence-electron chi connectivity index (χ3n) is 20.7. The molecule has 0 saturated carbocycles. The van der Waals surface area contributed by atoms with E-state index in [1.807, 2.05) is 200 Å². The van der Waals surface area contributed by atoms with Crippen LogP contribution in [-0.2, 0) is 0 Å². The van der Waals surface area contributed by atoms with Crippen LogP contribution >= 0.6 is 0 Å². The van der Waals surface area contributed by atoms with Gasteiger partial charge in [-0.3, -0.25) is 0 Å². The van der Waals surface area contributed by atoms with Gasteiger partial charge in [0, 0.05) is 0 Å². The van der Waals surface area contributed by atoms with Crippen molar-refractivity contribution >= 4 is 108 Å². The van der Waals surface area contributed by atoms with E-state index in [0.29, 0.717) is 60.8 Å². The molecule has 0 heteroatoms. The van der Waals surface area contributed by atoms with Gasteiger partial charge in [0.1, 0.15) is 0 Å². The Morgan fingerprint density at radius 2 is 0.429 bits per heavy atom. The lowest BCUT2D eigenvalue weighted by atomic mass is 9.83. The Morgan fingerprint density at radius 3 is 0.929 bits per heavy atom. The minimum Gasteiger partial charge on any atom is -0.0622 e. The van der Waals surface area contributed by atoms with E-state index < -0.39 is 127 Å². The van der Waals surface area contributed by atoms with Crippen LogP contribution in [-0.4, -0.2) is 0 Å². The minimum absolute atomic E-state index is 0.0182. The number of fused-ring (bicyclic) bond motifs is 10. The molecule has 0 nitrogen and oxygen atoms in total. The van der Waals surface area contributed by atoms with Crippen LogP contribution in [0.1, 0.15) is 39.8 Å². The van der Waals surface area contributed by atoms with Crippen molar-refractivity contribution in [2.45, 2.75) is 0 Å². The fourth-order valence-electron chi connectivity index (χ4n) is 15.8. The van der Waals surface area contributed by atoms with Crippen LogP contribution in [0.15, 0.2) is 448 Å². The van der Waals surface area contributed by atoms with E-state index in [9.17, 15) is 11.0 Å². The molecule has 522 valence electrons. The maximum atomic E-state index is 9.24. The summed E-state index contributed by atoms with van der Waals surface area (Å²) in [5, 5.41) is 8.35. The van der Waals surface area contributed by atoms with Gasteiger partial charge in [-0.2, -0.15) is 0 Å². The second kappa shape index (κ2) is 29.2. The zero-order chi connectivity index (χ0) is 99.5. The van der Waals surface area contributed by atoms with Gasteiger partial charge in [-0.15, -0.1) is 0 Å². The lowest BCUT2D eigenvalue weighted by molar-refractivity contribution is 1.61. The Labute approximate surface area is 693 Å². The maximum Gasteiger partial charge on any atom is 0.0629 e. The second-order valence-electron chi connectivity index (χ2n) is 27.0. The fourth-order valence-corrected chi connectivity index (χ4v) is 15.8. The topological polar surface area (TPSA) is 0 Å². The number of hydrogen-bond acceptors (Lipinski definition) is 0. The van der Waals surface area contributed by atoms with Crippen molar-refractivity contribution in [2.75, 3.05) is 0 Å². The summed E-state index contributed by atoms with van der Waals surface area (Å²) in [4.78, 5) is 0. The Bertz CT molecular complexity index is 8930. The van der Waals surface area contributed by atoms with Crippen LogP contribution in [0.5, 0.6) is 0 Å². The van der Waals surface area contributed by atoms with Crippen molar-refractivity contribution in [3.63, 3.8) is 0 Å². The Hall–Kier alpha value is -14.6. The molecule has 0 aromatic heterocycles. The molecule has 0 fully saturated rings. The molecular weight excluding hydrogens is 1350 g/mol. The summed E-state index contributed by atoms with van der Waals surface area (Å²) in [6, 6.07) is 73.0. The molecule has 0 amide bonds. The summed E-state index contributed by atoms with van der Waals surface area (Å²) in [5.74, 6) is 0. The molecule has 0 aliphatic rings. The molecule has 0 heterocycles. The van der Waals surface area contributed by atoms with Gasteiger partial charge < -0.3 is 0 Å². The van der Waals surface area contributed by atoms with Gasteiger partial charge in [-0.25, -0.2) is 0 Å². The van der Waals surface area contributed by atoms with Crippen molar-refractivity contribution in [1.29, 1.82) is 0 Å². The molecular formula is C112H74. The highest BCUT2D eigenvalue weighted by Gasteiger charge is 2.23. The number of hydrogen-bond donors (Lipinski definition) is 0. The molecule has 0 spiro atoms. The molecule has 22 rings (SSSR count). The first kappa shape index (κ1) is 42.8. The Balaban J connectivity index is 0.000000130. The molecule has 112 heavy (non-hydrogen) atoms. The lowest BCUT2D eigenvalue weighted by Crippen LogP contribution is -1.92. The molecule has 0 aliphatic heterocycles. The van der Waals surface area contributed by atoms with Gasteiger partial charge in [-0.05, 0) is 238 Å². The largest absolute Gasteiger partial charge is 0.0629 e. The predicted molar refractivity (Wildman–Crippen MR) is 483 cm³/mol. The first-order valence-electron chi connectivity index (χ1n) is 50.9. The SMILES string of the molecule is [2H]c1c([2H])c([2H])c(-c2cc(-c3c4c([2H])c([2H])c([2H])c([2H])c4c(-c4ccccc4)c4c([2H])c([2H])c([2H])c([2H])c34)cc3ccccc23)c([2H])c1[2H].[2H]c1c([2H])c([2H])c2c(-c3cccc4ccccc34)c3c([2H])c([2H])c([2H])c([2H])c3c(-c3ccc4cc(-c5ccccc5)ccc4c3)c2c1[2H].[2H]c1c([2H])c([2H])c2c(-c3ccccc3-c3ccccc3)c3c([2H])c([2H])c([2H])c([2H])c3c(-c3ccc4ccccc4c3)c2c1[2H]. The highest BCUT2D eigenvalue weighted by molar-refractivity contribution is 6.26. The highest BCUT2D eigenvalue weighted by Crippen LogP contribution is 2.50. The van der Waals surface area contributed by atoms with Gasteiger partial charge in [0.2, 0.25) is 0 Å². The molecule has 22 aromatic rings. The van der Waals surface area contributed by atoms with Crippen LogP contribution in [0.3, 0.4) is 0 Å². The molecule has 22 aromatic carbocycles. The zero-order valence-electron chi connectivity index (χ0n) is 88.5. The van der Waals surface area contributed by atoms with Gasteiger partial charge >= 0.3 is 0 Å². The molecule has 0 atom stereocenters. The summed E-state index contributed by atoms with van der Waals surface area (Å²) in [6.45, 7) is 0. The second-order valence-corrected chi connectivity index (χ2v) is 27.0. The van der Waals surface area contributed by atoms with Gasteiger partial charge in [0.25, 0.3) is 0 Å². The Morgan fingerprint density at radius 1 is 0.125 bits per heavy atom. The zero-order valence-corrected chi connectivity index (χ0v) is 59.5. The van der Waals surface area contributed by atoms with Gasteiger partial charge in [0.15, 0.2) is 0 Å². The molecule has 0 radical (unpaired) electrons. The van der Waals surface area contributed by atoms with E-state index in [0.717, 1.165) is 54.6 Å². The minimum atomic E-state index is -0.556. The monoisotopic (exact) mass is 1450 g/mol. The number of rotatable bonds is 9. The van der Waals surface area contributed by atoms with Crippen molar-refractivity contribution < 1.29 is 39.8 Å². The van der Waals surface area contributed by atoms with E-state index in [1.165, 1.54) is 0 Å².